The Labute approximate surface area is 181 Å². The first-order chi connectivity index (χ1) is 14.9. The number of methoxy groups -OCH3 is 1. The Morgan fingerprint density at radius 2 is 1.84 bits per heavy atom. The van der Waals surface area contributed by atoms with Crippen molar-refractivity contribution in [2.45, 2.75) is 17.9 Å². The summed E-state index contributed by atoms with van der Waals surface area (Å²) in [6.07, 6.45) is -2.84. The van der Waals surface area contributed by atoms with Gasteiger partial charge in [-0.15, -0.1) is 0 Å². The predicted octanol–water partition coefficient (Wildman–Crippen LogP) is 2.83. The van der Waals surface area contributed by atoms with Crippen LogP contribution in [0.5, 0.6) is 5.75 Å². The fraction of sp³-hybridized carbons (Fsp3) is 0.250. The molecule has 8 nitrogen and oxygen atoms in total. The number of nitrogens with one attached hydrogen (secondary N) is 1. The van der Waals surface area contributed by atoms with E-state index in [2.05, 4.69) is 15.3 Å². The molecule has 0 aliphatic carbocycles. The number of sulfone groups is 1. The van der Waals surface area contributed by atoms with Gasteiger partial charge in [-0.1, -0.05) is 6.07 Å². The fourth-order valence-corrected chi connectivity index (χ4v) is 3.46. The zero-order valence-corrected chi connectivity index (χ0v) is 18.1. The Morgan fingerprint density at radius 1 is 1.12 bits per heavy atom. The van der Waals surface area contributed by atoms with Crippen LogP contribution in [-0.4, -0.2) is 43.4 Å². The minimum atomic E-state index is -4.88. The van der Waals surface area contributed by atoms with Crippen LogP contribution in [0.2, 0.25) is 0 Å². The lowest BCUT2D eigenvalue weighted by Gasteiger charge is -2.13. The molecule has 0 spiro atoms. The van der Waals surface area contributed by atoms with Gasteiger partial charge in [0.1, 0.15) is 11.4 Å². The van der Waals surface area contributed by atoms with E-state index in [-0.39, 0.29) is 17.8 Å². The van der Waals surface area contributed by atoms with Crippen LogP contribution in [0.1, 0.15) is 11.3 Å². The lowest BCUT2D eigenvalue weighted by Crippen LogP contribution is -2.19. The van der Waals surface area contributed by atoms with Gasteiger partial charge in [0.25, 0.3) is 5.56 Å². The Morgan fingerprint density at radius 3 is 2.44 bits per heavy atom. The Kier molecular flexibility index (Phi) is 6.26. The molecule has 0 amide bonds. The Bertz CT molecular complexity index is 1320. The van der Waals surface area contributed by atoms with E-state index in [0.29, 0.717) is 17.5 Å². The molecule has 0 fully saturated rings. The number of pyridine rings is 1. The molecule has 0 aliphatic heterocycles. The molecular formula is C20H19F3N4O4S. The summed E-state index contributed by atoms with van der Waals surface area (Å²) in [4.78, 5) is 19.3. The number of aromatic nitrogens is 3. The van der Waals surface area contributed by atoms with Gasteiger partial charge in [-0.25, -0.2) is 18.4 Å². The average Bonchev–Trinajstić information content (AvgIpc) is 2.73. The third kappa shape index (κ3) is 5.07. The highest BCUT2D eigenvalue weighted by molar-refractivity contribution is 7.90. The van der Waals surface area contributed by atoms with Crippen molar-refractivity contribution in [3.63, 3.8) is 0 Å². The number of hydrogen-bond acceptors (Lipinski definition) is 7. The molecule has 32 heavy (non-hydrogen) atoms. The van der Waals surface area contributed by atoms with Crippen LogP contribution in [-0.2, 0) is 22.6 Å². The lowest BCUT2D eigenvalue weighted by molar-refractivity contribution is -0.141. The second kappa shape index (κ2) is 8.61. The van der Waals surface area contributed by atoms with Gasteiger partial charge in [-0.05, 0) is 29.8 Å². The second-order valence-corrected chi connectivity index (χ2v) is 8.77. The maximum Gasteiger partial charge on any atom is 0.433 e. The predicted molar refractivity (Wildman–Crippen MR) is 111 cm³/mol. The Hall–Kier alpha value is -3.41. The summed E-state index contributed by atoms with van der Waals surface area (Å²) in [5.74, 6) is 0.603. The molecule has 0 saturated heterocycles. The second-order valence-electron chi connectivity index (χ2n) is 6.86. The van der Waals surface area contributed by atoms with Crippen molar-refractivity contribution in [3.8, 4) is 17.0 Å². The topological polar surface area (TPSA) is 103 Å². The summed E-state index contributed by atoms with van der Waals surface area (Å²) in [6.45, 7) is 0.113. The normalized spacial score (nSPS) is 11.9. The number of ether oxygens (including phenoxy) is 1. The number of hydrogen-bond donors (Lipinski definition) is 1. The minimum absolute atomic E-state index is 0.113. The van der Waals surface area contributed by atoms with Crippen molar-refractivity contribution >= 4 is 15.5 Å². The highest BCUT2D eigenvalue weighted by atomic mass is 32.2. The van der Waals surface area contributed by atoms with Crippen molar-refractivity contribution < 1.29 is 26.3 Å². The van der Waals surface area contributed by atoms with Gasteiger partial charge in [0.2, 0.25) is 15.0 Å². The summed E-state index contributed by atoms with van der Waals surface area (Å²) >= 11 is 0. The van der Waals surface area contributed by atoms with Gasteiger partial charge in [-0.3, -0.25) is 4.79 Å². The van der Waals surface area contributed by atoms with E-state index in [9.17, 15) is 26.4 Å². The number of benzene rings is 1. The third-order valence-electron chi connectivity index (χ3n) is 4.49. The first-order valence-corrected chi connectivity index (χ1v) is 11.0. The SMILES string of the molecule is CNc1cc(Cn2cc(-c3cc(C(F)(F)F)nc(S(C)(=O)=O)n3)ccc2=O)ccc1OC. The highest BCUT2D eigenvalue weighted by Gasteiger charge is 2.35. The number of nitrogens with zero attached hydrogens (tertiary/aromatic N) is 3. The molecule has 1 aromatic carbocycles. The largest absolute Gasteiger partial charge is 0.495 e. The maximum absolute atomic E-state index is 13.3. The van der Waals surface area contributed by atoms with E-state index in [1.807, 2.05) is 0 Å². The zero-order valence-electron chi connectivity index (χ0n) is 17.3. The van der Waals surface area contributed by atoms with E-state index < -0.39 is 32.4 Å². The van der Waals surface area contributed by atoms with E-state index in [1.165, 1.54) is 30.0 Å². The zero-order chi connectivity index (χ0) is 23.7. The van der Waals surface area contributed by atoms with Crippen LogP contribution < -0.4 is 15.6 Å². The number of anilines is 1. The number of halogens is 3. The quantitative estimate of drug-likeness (QED) is 0.555. The Balaban J connectivity index is 2.08. The van der Waals surface area contributed by atoms with Crippen molar-refractivity contribution in [2.75, 3.05) is 25.7 Å². The summed E-state index contributed by atoms with van der Waals surface area (Å²) in [7, 11) is -0.878. The summed E-state index contributed by atoms with van der Waals surface area (Å²) in [5.41, 5.74) is -0.516. The molecular weight excluding hydrogens is 449 g/mol. The first kappa shape index (κ1) is 23.3. The van der Waals surface area contributed by atoms with E-state index in [0.717, 1.165) is 11.8 Å². The highest BCUT2D eigenvalue weighted by Crippen LogP contribution is 2.31. The number of rotatable bonds is 6. The third-order valence-corrected chi connectivity index (χ3v) is 5.34. The molecule has 0 saturated carbocycles. The molecule has 12 heteroatoms. The van der Waals surface area contributed by atoms with Crippen LogP contribution in [0.4, 0.5) is 18.9 Å². The maximum atomic E-state index is 13.3. The summed E-state index contributed by atoms with van der Waals surface area (Å²) < 4.78 is 69.9. The molecule has 2 heterocycles. The van der Waals surface area contributed by atoms with Crippen LogP contribution >= 0.6 is 0 Å². The summed E-state index contributed by atoms with van der Waals surface area (Å²) in [5, 5.41) is 2.02. The minimum Gasteiger partial charge on any atom is -0.495 e. The van der Waals surface area contributed by atoms with Crippen molar-refractivity contribution in [3.05, 3.63) is 64.2 Å². The molecule has 0 aliphatic rings. The fourth-order valence-electron chi connectivity index (χ4n) is 2.94. The summed E-state index contributed by atoms with van der Waals surface area (Å²) in [6, 6.07) is 8.33. The van der Waals surface area contributed by atoms with Crippen molar-refractivity contribution in [1.82, 2.24) is 14.5 Å². The van der Waals surface area contributed by atoms with Gasteiger partial charge < -0.3 is 14.6 Å². The van der Waals surface area contributed by atoms with Crippen LogP contribution in [0.25, 0.3) is 11.3 Å². The van der Waals surface area contributed by atoms with Gasteiger partial charge in [0, 0.05) is 31.1 Å². The van der Waals surface area contributed by atoms with E-state index in [1.54, 1.807) is 25.2 Å². The van der Waals surface area contributed by atoms with Gasteiger partial charge in [0.15, 0.2) is 0 Å². The van der Waals surface area contributed by atoms with Crippen LogP contribution in [0.15, 0.2) is 52.5 Å². The molecule has 0 unspecified atom stereocenters. The van der Waals surface area contributed by atoms with E-state index in [4.69, 9.17) is 4.74 Å². The molecule has 1 N–H and O–H groups in total. The average molecular weight is 468 g/mol. The van der Waals surface area contributed by atoms with Crippen LogP contribution in [0.3, 0.4) is 0 Å². The van der Waals surface area contributed by atoms with Gasteiger partial charge >= 0.3 is 6.18 Å². The van der Waals surface area contributed by atoms with E-state index >= 15 is 0 Å². The number of alkyl halides is 3. The molecule has 3 rings (SSSR count). The lowest BCUT2D eigenvalue weighted by atomic mass is 10.1. The smallest absolute Gasteiger partial charge is 0.433 e. The standard InChI is InChI=1S/C20H19F3N4O4S/c1-24-15-8-12(4-6-16(15)31-2)10-27-11-13(5-7-18(27)28)14-9-17(20(21,22)23)26-19(25-14)32(3,29)30/h4-9,11,24H,10H2,1-3H3. The molecule has 0 bridgehead atoms. The van der Waals surface area contributed by atoms with Gasteiger partial charge in [-0.2, -0.15) is 13.2 Å². The molecule has 0 radical (unpaired) electrons. The molecule has 0 atom stereocenters. The monoisotopic (exact) mass is 468 g/mol. The van der Waals surface area contributed by atoms with Crippen molar-refractivity contribution in [1.29, 1.82) is 0 Å². The van der Waals surface area contributed by atoms with Crippen molar-refractivity contribution in [2.24, 2.45) is 0 Å². The molecule has 3 aromatic rings. The van der Waals surface area contributed by atoms with Crippen LogP contribution in [0, 0.1) is 0 Å². The van der Waals surface area contributed by atoms with Gasteiger partial charge in [0.05, 0.1) is 25.0 Å². The first-order valence-electron chi connectivity index (χ1n) is 9.14. The molecule has 170 valence electrons. The molecule has 2 aromatic heterocycles.